The molecule has 0 atom stereocenters. The van der Waals surface area contributed by atoms with E-state index < -0.39 is 0 Å². The van der Waals surface area contributed by atoms with Crippen LogP contribution in [0.5, 0.6) is 0 Å². The summed E-state index contributed by atoms with van der Waals surface area (Å²) in [5.41, 5.74) is 0. The summed E-state index contributed by atoms with van der Waals surface area (Å²) in [6.07, 6.45) is 7.59. The summed E-state index contributed by atoms with van der Waals surface area (Å²) in [6, 6.07) is 2.75. The Morgan fingerprint density at radius 3 is 2.53 bits per heavy atom. The second-order valence-corrected chi connectivity index (χ2v) is 5.39. The van der Waals surface area contributed by atoms with Gasteiger partial charge in [-0.3, -0.25) is 4.79 Å². The highest BCUT2D eigenvalue weighted by Gasteiger charge is 2.20. The Morgan fingerprint density at radius 1 is 1.26 bits per heavy atom. The molecule has 0 aromatic heterocycles. The SMILES string of the molecule is CCN(CCC(=O)N(C)CCC#N)C1CCCCC1. The van der Waals surface area contributed by atoms with Crippen molar-refractivity contribution in [3.05, 3.63) is 0 Å². The second kappa shape index (κ2) is 8.92. The lowest BCUT2D eigenvalue weighted by Crippen LogP contribution is -2.39. The molecular formula is C15H27N3O. The van der Waals surface area contributed by atoms with Crippen molar-refractivity contribution in [2.24, 2.45) is 0 Å². The Labute approximate surface area is 117 Å². The predicted octanol–water partition coefficient (Wildman–Crippen LogP) is 2.40. The number of rotatable bonds is 7. The first-order valence-electron chi connectivity index (χ1n) is 7.54. The fourth-order valence-electron chi connectivity index (χ4n) is 2.82. The number of carbonyl (C=O) groups excluding carboxylic acids is 1. The molecule has 0 N–H and O–H groups in total. The third-order valence-corrected chi connectivity index (χ3v) is 4.09. The van der Waals surface area contributed by atoms with Crippen LogP contribution in [0.15, 0.2) is 0 Å². The van der Waals surface area contributed by atoms with E-state index in [1.165, 1.54) is 32.1 Å². The molecule has 0 radical (unpaired) electrons. The quantitative estimate of drug-likeness (QED) is 0.710. The molecule has 1 amide bonds. The maximum Gasteiger partial charge on any atom is 0.223 e. The first-order valence-corrected chi connectivity index (χ1v) is 7.54. The van der Waals surface area contributed by atoms with E-state index in [-0.39, 0.29) is 5.91 Å². The molecule has 0 bridgehead atoms. The number of nitrogens with zero attached hydrogens (tertiary/aromatic N) is 3. The molecule has 1 saturated carbocycles. The molecule has 108 valence electrons. The molecule has 4 nitrogen and oxygen atoms in total. The van der Waals surface area contributed by atoms with Crippen LogP contribution in [0.1, 0.15) is 51.9 Å². The number of amides is 1. The number of hydrogen-bond acceptors (Lipinski definition) is 3. The highest BCUT2D eigenvalue weighted by molar-refractivity contribution is 5.76. The topological polar surface area (TPSA) is 47.3 Å². The lowest BCUT2D eigenvalue weighted by atomic mass is 9.94. The Bertz CT molecular complexity index is 305. The van der Waals surface area contributed by atoms with E-state index >= 15 is 0 Å². The van der Waals surface area contributed by atoms with Crippen molar-refractivity contribution < 1.29 is 4.79 Å². The summed E-state index contributed by atoms with van der Waals surface area (Å²) in [6.45, 7) is 4.61. The summed E-state index contributed by atoms with van der Waals surface area (Å²) in [5, 5.41) is 8.53. The summed E-state index contributed by atoms with van der Waals surface area (Å²) in [7, 11) is 1.79. The van der Waals surface area contributed by atoms with Crippen molar-refractivity contribution in [2.45, 2.75) is 57.9 Å². The summed E-state index contributed by atoms with van der Waals surface area (Å²) < 4.78 is 0. The molecular weight excluding hydrogens is 238 g/mol. The third kappa shape index (κ3) is 5.61. The third-order valence-electron chi connectivity index (χ3n) is 4.09. The smallest absolute Gasteiger partial charge is 0.223 e. The van der Waals surface area contributed by atoms with E-state index in [0.29, 0.717) is 25.4 Å². The molecule has 0 aromatic rings. The second-order valence-electron chi connectivity index (χ2n) is 5.39. The molecule has 0 unspecified atom stereocenters. The minimum Gasteiger partial charge on any atom is -0.345 e. The number of nitriles is 1. The maximum absolute atomic E-state index is 11.9. The van der Waals surface area contributed by atoms with Gasteiger partial charge >= 0.3 is 0 Å². The van der Waals surface area contributed by atoms with Crippen LogP contribution in [0.25, 0.3) is 0 Å². The van der Waals surface area contributed by atoms with Crippen LogP contribution in [0.4, 0.5) is 0 Å². The summed E-state index contributed by atoms with van der Waals surface area (Å²) in [4.78, 5) is 16.1. The Balaban J connectivity index is 2.31. The summed E-state index contributed by atoms with van der Waals surface area (Å²) in [5.74, 6) is 0.157. The zero-order valence-electron chi connectivity index (χ0n) is 12.4. The minimum absolute atomic E-state index is 0.157. The van der Waals surface area contributed by atoms with Gasteiger partial charge in [0.1, 0.15) is 0 Å². The summed E-state index contributed by atoms with van der Waals surface area (Å²) >= 11 is 0. The Kier molecular flexibility index (Phi) is 7.50. The van der Waals surface area contributed by atoms with Gasteiger partial charge in [0, 0.05) is 32.6 Å². The first-order chi connectivity index (χ1) is 9.19. The normalized spacial score (nSPS) is 16.3. The van der Waals surface area contributed by atoms with Crippen molar-refractivity contribution in [3.8, 4) is 6.07 Å². The van der Waals surface area contributed by atoms with E-state index in [0.717, 1.165) is 13.1 Å². The van der Waals surface area contributed by atoms with E-state index in [9.17, 15) is 4.79 Å². The van der Waals surface area contributed by atoms with Crippen LogP contribution in [0.3, 0.4) is 0 Å². The average molecular weight is 265 g/mol. The van der Waals surface area contributed by atoms with E-state index in [4.69, 9.17) is 5.26 Å². The number of carbonyl (C=O) groups is 1. The first kappa shape index (κ1) is 16.0. The number of hydrogen-bond donors (Lipinski definition) is 0. The molecule has 0 spiro atoms. The predicted molar refractivity (Wildman–Crippen MR) is 76.6 cm³/mol. The van der Waals surface area contributed by atoms with Gasteiger partial charge in [0.15, 0.2) is 0 Å². The van der Waals surface area contributed by atoms with E-state index in [1.54, 1.807) is 11.9 Å². The van der Waals surface area contributed by atoms with E-state index in [1.807, 2.05) is 0 Å². The highest BCUT2D eigenvalue weighted by atomic mass is 16.2. The van der Waals surface area contributed by atoms with Gasteiger partial charge in [-0.15, -0.1) is 0 Å². The zero-order chi connectivity index (χ0) is 14.1. The van der Waals surface area contributed by atoms with Gasteiger partial charge in [0.2, 0.25) is 5.91 Å². The van der Waals surface area contributed by atoms with Crippen LogP contribution in [0.2, 0.25) is 0 Å². The molecule has 0 aromatic carbocycles. The van der Waals surface area contributed by atoms with Gasteiger partial charge in [-0.05, 0) is 19.4 Å². The van der Waals surface area contributed by atoms with Crippen LogP contribution >= 0.6 is 0 Å². The van der Waals surface area contributed by atoms with Gasteiger partial charge < -0.3 is 9.80 Å². The Morgan fingerprint density at radius 2 is 1.95 bits per heavy atom. The van der Waals surface area contributed by atoms with Crippen molar-refractivity contribution in [1.29, 1.82) is 5.26 Å². The molecule has 1 aliphatic rings. The average Bonchev–Trinajstić information content (AvgIpc) is 2.46. The van der Waals surface area contributed by atoms with Gasteiger partial charge in [0.05, 0.1) is 12.5 Å². The fraction of sp³-hybridized carbons (Fsp3) is 0.867. The van der Waals surface area contributed by atoms with Crippen molar-refractivity contribution in [1.82, 2.24) is 9.80 Å². The standard InChI is InChI=1S/C15H27N3O/c1-3-18(14-8-5-4-6-9-14)13-10-15(19)17(2)12-7-11-16/h14H,3-10,12-13H2,1-2H3. The molecule has 0 aliphatic heterocycles. The molecule has 1 fully saturated rings. The monoisotopic (exact) mass is 265 g/mol. The van der Waals surface area contributed by atoms with Gasteiger partial charge in [-0.25, -0.2) is 0 Å². The van der Waals surface area contributed by atoms with E-state index in [2.05, 4.69) is 17.9 Å². The molecule has 1 aliphatic carbocycles. The van der Waals surface area contributed by atoms with Crippen molar-refractivity contribution in [2.75, 3.05) is 26.7 Å². The van der Waals surface area contributed by atoms with Crippen LogP contribution in [-0.4, -0.2) is 48.4 Å². The Hall–Kier alpha value is -1.08. The zero-order valence-corrected chi connectivity index (χ0v) is 12.4. The minimum atomic E-state index is 0.157. The lowest BCUT2D eigenvalue weighted by molar-refractivity contribution is -0.130. The van der Waals surface area contributed by atoms with Crippen LogP contribution < -0.4 is 0 Å². The van der Waals surface area contributed by atoms with Crippen molar-refractivity contribution >= 4 is 5.91 Å². The van der Waals surface area contributed by atoms with Crippen LogP contribution in [0, 0.1) is 11.3 Å². The van der Waals surface area contributed by atoms with Gasteiger partial charge in [-0.1, -0.05) is 26.2 Å². The highest BCUT2D eigenvalue weighted by Crippen LogP contribution is 2.22. The van der Waals surface area contributed by atoms with Crippen molar-refractivity contribution in [3.63, 3.8) is 0 Å². The molecule has 0 heterocycles. The van der Waals surface area contributed by atoms with Gasteiger partial charge in [-0.2, -0.15) is 5.26 Å². The fourth-order valence-corrected chi connectivity index (χ4v) is 2.82. The molecule has 0 saturated heterocycles. The molecule has 1 rings (SSSR count). The van der Waals surface area contributed by atoms with Crippen LogP contribution in [-0.2, 0) is 4.79 Å². The van der Waals surface area contributed by atoms with Gasteiger partial charge in [0.25, 0.3) is 0 Å². The maximum atomic E-state index is 11.9. The molecule has 4 heteroatoms. The lowest BCUT2D eigenvalue weighted by Gasteiger charge is -2.33. The molecule has 19 heavy (non-hydrogen) atoms. The largest absolute Gasteiger partial charge is 0.345 e.